The van der Waals surface area contributed by atoms with Crippen LogP contribution in [0.1, 0.15) is 26.0 Å². The zero-order valence-electron chi connectivity index (χ0n) is 9.61. The number of hydrogen-bond donors (Lipinski definition) is 1. The van der Waals surface area contributed by atoms with Crippen LogP contribution >= 0.6 is 15.9 Å². The van der Waals surface area contributed by atoms with E-state index >= 15 is 0 Å². The van der Waals surface area contributed by atoms with E-state index < -0.39 is 0 Å². The Kier molecular flexibility index (Phi) is 5.09. The number of Topliss-reactive ketones (excluding diaryl/α,β-unsaturated/α-hetero) is 1. The number of carbonyl (C=O) groups is 1. The van der Waals surface area contributed by atoms with Crippen molar-refractivity contribution in [1.82, 2.24) is 4.98 Å². The summed E-state index contributed by atoms with van der Waals surface area (Å²) < 4.78 is 0.912. The lowest BCUT2D eigenvalue weighted by Crippen LogP contribution is -2.37. The van der Waals surface area contributed by atoms with Crippen LogP contribution in [0, 0.1) is 5.92 Å². The standard InChI is InChI=1S/C12H17BrN2O/c1-3-8(2)12(14)11(16)6-10-5-4-9(13)7-15-10/h4-5,7-8,12H,3,6,14H2,1-2H3. The molecule has 0 saturated heterocycles. The van der Waals surface area contributed by atoms with E-state index in [0.717, 1.165) is 16.6 Å². The molecule has 1 aromatic rings. The maximum absolute atomic E-state index is 11.8. The van der Waals surface area contributed by atoms with Gasteiger partial charge in [0, 0.05) is 16.4 Å². The molecule has 2 atom stereocenters. The van der Waals surface area contributed by atoms with Gasteiger partial charge in [-0.1, -0.05) is 20.3 Å². The second-order valence-electron chi connectivity index (χ2n) is 4.02. The fourth-order valence-electron chi connectivity index (χ4n) is 1.38. The summed E-state index contributed by atoms with van der Waals surface area (Å²) in [5.74, 6) is 0.284. The third-order valence-electron chi connectivity index (χ3n) is 2.77. The van der Waals surface area contributed by atoms with E-state index in [1.54, 1.807) is 6.20 Å². The van der Waals surface area contributed by atoms with Gasteiger partial charge in [0.15, 0.2) is 5.78 Å². The lowest BCUT2D eigenvalue weighted by molar-refractivity contribution is -0.120. The van der Waals surface area contributed by atoms with Crippen LogP contribution < -0.4 is 5.73 Å². The maximum atomic E-state index is 11.8. The predicted octanol–water partition coefficient (Wildman–Crippen LogP) is 2.33. The Morgan fingerprint density at radius 3 is 2.75 bits per heavy atom. The van der Waals surface area contributed by atoms with Crippen molar-refractivity contribution in [3.63, 3.8) is 0 Å². The average Bonchev–Trinajstić information content (AvgIpc) is 2.30. The van der Waals surface area contributed by atoms with Crippen molar-refractivity contribution in [2.45, 2.75) is 32.7 Å². The highest BCUT2D eigenvalue weighted by Gasteiger charge is 2.19. The fourth-order valence-corrected chi connectivity index (χ4v) is 1.61. The Morgan fingerprint density at radius 2 is 2.25 bits per heavy atom. The van der Waals surface area contributed by atoms with E-state index in [-0.39, 0.29) is 17.7 Å². The summed E-state index contributed by atoms with van der Waals surface area (Å²) in [5, 5.41) is 0. The fraction of sp³-hybridized carbons (Fsp3) is 0.500. The molecule has 4 heteroatoms. The van der Waals surface area contributed by atoms with Crippen LogP contribution in [0.15, 0.2) is 22.8 Å². The van der Waals surface area contributed by atoms with E-state index in [1.165, 1.54) is 0 Å². The molecule has 1 rings (SSSR count). The summed E-state index contributed by atoms with van der Waals surface area (Å²) >= 11 is 3.30. The molecular weight excluding hydrogens is 268 g/mol. The molecule has 0 aliphatic carbocycles. The van der Waals surface area contributed by atoms with Crippen LogP contribution in [0.3, 0.4) is 0 Å². The number of rotatable bonds is 5. The number of hydrogen-bond acceptors (Lipinski definition) is 3. The lowest BCUT2D eigenvalue weighted by atomic mass is 9.94. The Balaban J connectivity index is 2.60. The van der Waals surface area contributed by atoms with E-state index in [4.69, 9.17) is 5.73 Å². The number of aromatic nitrogens is 1. The Hall–Kier alpha value is -0.740. The van der Waals surface area contributed by atoms with Crippen LogP contribution in [-0.2, 0) is 11.2 Å². The van der Waals surface area contributed by atoms with Crippen LogP contribution in [0.4, 0.5) is 0 Å². The first-order valence-electron chi connectivity index (χ1n) is 5.43. The molecule has 0 fully saturated rings. The topological polar surface area (TPSA) is 56.0 Å². The van der Waals surface area contributed by atoms with Gasteiger partial charge in [-0.25, -0.2) is 0 Å². The second kappa shape index (κ2) is 6.11. The normalized spacial score (nSPS) is 14.5. The molecule has 0 bridgehead atoms. The number of nitrogens with zero attached hydrogens (tertiary/aromatic N) is 1. The maximum Gasteiger partial charge on any atom is 0.155 e. The SMILES string of the molecule is CCC(C)C(N)C(=O)Cc1ccc(Br)cn1. The molecule has 0 radical (unpaired) electrons. The summed E-state index contributed by atoms with van der Waals surface area (Å²) in [6.07, 6.45) is 2.93. The smallest absolute Gasteiger partial charge is 0.155 e. The first-order valence-corrected chi connectivity index (χ1v) is 6.22. The summed E-state index contributed by atoms with van der Waals surface area (Å²) in [6, 6.07) is 3.34. The first kappa shape index (κ1) is 13.3. The number of pyridine rings is 1. The van der Waals surface area contributed by atoms with Gasteiger partial charge in [0.1, 0.15) is 0 Å². The van der Waals surface area contributed by atoms with E-state index in [1.807, 2.05) is 26.0 Å². The Bertz CT molecular complexity index is 351. The van der Waals surface area contributed by atoms with Gasteiger partial charge in [-0.15, -0.1) is 0 Å². The Labute approximate surface area is 105 Å². The van der Waals surface area contributed by atoms with Crippen LogP contribution in [0.5, 0.6) is 0 Å². The van der Waals surface area contributed by atoms with Crippen LogP contribution in [-0.4, -0.2) is 16.8 Å². The minimum atomic E-state index is -0.379. The molecule has 0 aromatic carbocycles. The molecule has 1 aromatic heterocycles. The lowest BCUT2D eigenvalue weighted by Gasteiger charge is -2.16. The quantitative estimate of drug-likeness (QED) is 0.903. The Morgan fingerprint density at radius 1 is 1.56 bits per heavy atom. The van der Waals surface area contributed by atoms with Gasteiger partial charge in [0.25, 0.3) is 0 Å². The third kappa shape index (κ3) is 3.68. The van der Waals surface area contributed by atoms with Crippen molar-refractivity contribution < 1.29 is 4.79 Å². The van der Waals surface area contributed by atoms with Crippen molar-refractivity contribution >= 4 is 21.7 Å². The summed E-state index contributed by atoms with van der Waals surface area (Å²) in [7, 11) is 0. The van der Waals surface area contributed by atoms with E-state index in [0.29, 0.717) is 6.42 Å². The van der Waals surface area contributed by atoms with Crippen molar-refractivity contribution in [3.8, 4) is 0 Å². The van der Waals surface area contributed by atoms with Crippen molar-refractivity contribution in [2.75, 3.05) is 0 Å². The van der Waals surface area contributed by atoms with Gasteiger partial charge in [-0.05, 0) is 34.0 Å². The van der Waals surface area contributed by atoms with Gasteiger partial charge in [0.2, 0.25) is 0 Å². The monoisotopic (exact) mass is 284 g/mol. The molecule has 1 heterocycles. The molecule has 2 unspecified atom stereocenters. The number of nitrogens with two attached hydrogens (primary N) is 1. The molecule has 16 heavy (non-hydrogen) atoms. The summed E-state index contributed by atoms with van der Waals surface area (Å²) in [6.45, 7) is 4.03. The average molecular weight is 285 g/mol. The highest BCUT2D eigenvalue weighted by atomic mass is 79.9. The number of carbonyl (C=O) groups excluding carboxylic acids is 1. The van der Waals surface area contributed by atoms with Crippen molar-refractivity contribution in [2.24, 2.45) is 11.7 Å². The van der Waals surface area contributed by atoms with Crippen molar-refractivity contribution in [1.29, 1.82) is 0 Å². The summed E-state index contributed by atoms with van der Waals surface area (Å²) in [5.41, 5.74) is 6.63. The van der Waals surface area contributed by atoms with Gasteiger partial charge < -0.3 is 5.73 Å². The molecule has 0 aliphatic heterocycles. The molecular formula is C12H17BrN2O. The zero-order valence-corrected chi connectivity index (χ0v) is 11.2. The third-order valence-corrected chi connectivity index (χ3v) is 3.24. The van der Waals surface area contributed by atoms with Gasteiger partial charge >= 0.3 is 0 Å². The molecule has 2 N–H and O–H groups in total. The number of ketones is 1. The largest absolute Gasteiger partial charge is 0.321 e. The highest BCUT2D eigenvalue weighted by Crippen LogP contribution is 2.11. The van der Waals surface area contributed by atoms with Gasteiger partial charge in [-0.2, -0.15) is 0 Å². The second-order valence-corrected chi connectivity index (χ2v) is 4.94. The number of halogens is 1. The van der Waals surface area contributed by atoms with Crippen LogP contribution in [0.25, 0.3) is 0 Å². The predicted molar refractivity (Wildman–Crippen MR) is 68.1 cm³/mol. The minimum Gasteiger partial charge on any atom is -0.321 e. The van der Waals surface area contributed by atoms with Gasteiger partial charge in [-0.3, -0.25) is 9.78 Å². The molecule has 0 aliphatic rings. The highest BCUT2D eigenvalue weighted by molar-refractivity contribution is 9.10. The minimum absolute atomic E-state index is 0.0594. The van der Waals surface area contributed by atoms with Crippen molar-refractivity contribution in [3.05, 3.63) is 28.5 Å². The first-order chi connectivity index (χ1) is 7.54. The molecule has 88 valence electrons. The summed E-state index contributed by atoms with van der Waals surface area (Å²) in [4.78, 5) is 16.0. The molecule has 0 spiro atoms. The van der Waals surface area contributed by atoms with Crippen LogP contribution in [0.2, 0.25) is 0 Å². The molecule has 0 amide bonds. The van der Waals surface area contributed by atoms with E-state index in [9.17, 15) is 4.79 Å². The molecule has 0 saturated carbocycles. The van der Waals surface area contributed by atoms with E-state index in [2.05, 4.69) is 20.9 Å². The zero-order chi connectivity index (χ0) is 12.1. The van der Waals surface area contributed by atoms with Gasteiger partial charge in [0.05, 0.1) is 12.5 Å². The molecule has 3 nitrogen and oxygen atoms in total.